The lowest BCUT2D eigenvalue weighted by molar-refractivity contribution is 0.485. The van der Waals surface area contributed by atoms with Gasteiger partial charge in [0.2, 0.25) is 0 Å². The highest BCUT2D eigenvalue weighted by Crippen LogP contribution is 2.32. The van der Waals surface area contributed by atoms with Crippen LogP contribution in [0.15, 0.2) is 24.3 Å². The summed E-state index contributed by atoms with van der Waals surface area (Å²) in [7, 11) is 0. The van der Waals surface area contributed by atoms with Gasteiger partial charge in [-0.3, -0.25) is 0 Å². The Morgan fingerprint density at radius 1 is 1.38 bits per heavy atom. The van der Waals surface area contributed by atoms with Gasteiger partial charge in [0.25, 0.3) is 0 Å². The van der Waals surface area contributed by atoms with E-state index in [0.29, 0.717) is 12.0 Å². The lowest BCUT2D eigenvalue weighted by atomic mass is 9.79. The van der Waals surface area contributed by atoms with E-state index in [-0.39, 0.29) is 0 Å². The van der Waals surface area contributed by atoms with E-state index in [1.54, 1.807) is 0 Å². The largest absolute Gasteiger partial charge is 0.327 e. The Morgan fingerprint density at radius 2 is 2.15 bits per heavy atom. The molecule has 0 heterocycles. The summed E-state index contributed by atoms with van der Waals surface area (Å²) >= 11 is 0. The summed E-state index contributed by atoms with van der Waals surface area (Å²) in [6, 6.07) is 9.02. The van der Waals surface area contributed by atoms with Gasteiger partial charge in [-0.15, -0.1) is 0 Å². The van der Waals surface area contributed by atoms with Crippen LogP contribution in [-0.2, 0) is 6.42 Å². The molecule has 2 rings (SSSR count). The van der Waals surface area contributed by atoms with Crippen molar-refractivity contribution in [2.75, 3.05) is 0 Å². The van der Waals surface area contributed by atoms with Crippen LogP contribution in [0.4, 0.5) is 0 Å². The molecule has 0 bridgehead atoms. The van der Waals surface area contributed by atoms with Crippen molar-refractivity contribution in [3.8, 4) is 0 Å². The van der Waals surface area contributed by atoms with Crippen molar-refractivity contribution in [1.29, 1.82) is 0 Å². The van der Waals surface area contributed by atoms with E-state index >= 15 is 0 Å². The van der Waals surface area contributed by atoms with Crippen LogP contribution >= 0.6 is 0 Å². The van der Waals surface area contributed by atoms with Gasteiger partial charge < -0.3 is 5.73 Å². The number of nitrogens with two attached hydrogens (primary N) is 1. The number of aryl methyl sites for hydroxylation is 1. The van der Waals surface area contributed by atoms with Crippen LogP contribution in [0, 0.1) is 0 Å². The van der Waals surface area contributed by atoms with Gasteiger partial charge in [0.1, 0.15) is 0 Å². The summed E-state index contributed by atoms with van der Waals surface area (Å²) in [4.78, 5) is 0. The van der Waals surface area contributed by atoms with Crippen molar-refractivity contribution in [1.82, 2.24) is 0 Å². The summed E-state index contributed by atoms with van der Waals surface area (Å²) < 4.78 is 0. The first kappa shape index (κ1) is 8.76. The topological polar surface area (TPSA) is 26.0 Å². The molecule has 0 saturated heterocycles. The first-order valence-electron chi connectivity index (χ1n) is 5.12. The van der Waals surface area contributed by atoms with Crippen molar-refractivity contribution < 1.29 is 0 Å². The molecule has 2 N–H and O–H groups in total. The van der Waals surface area contributed by atoms with E-state index in [1.807, 2.05) is 0 Å². The van der Waals surface area contributed by atoms with Gasteiger partial charge in [0.15, 0.2) is 0 Å². The Morgan fingerprint density at radius 3 is 2.92 bits per heavy atom. The second-order valence-corrected chi connectivity index (χ2v) is 4.06. The number of benzene rings is 1. The quantitative estimate of drug-likeness (QED) is 0.697. The Bertz CT molecular complexity index is 291. The minimum absolute atomic E-state index is 0.293. The second-order valence-electron chi connectivity index (χ2n) is 4.06. The molecule has 0 fully saturated rings. The van der Waals surface area contributed by atoms with Gasteiger partial charge in [-0.05, 0) is 43.2 Å². The lowest BCUT2D eigenvalue weighted by Crippen LogP contribution is -2.27. The van der Waals surface area contributed by atoms with Crippen LogP contribution in [0.2, 0.25) is 0 Å². The van der Waals surface area contributed by atoms with Gasteiger partial charge in [-0.25, -0.2) is 0 Å². The van der Waals surface area contributed by atoms with Crippen molar-refractivity contribution in [3.05, 3.63) is 35.4 Å². The van der Waals surface area contributed by atoms with Crippen LogP contribution in [-0.4, -0.2) is 6.04 Å². The van der Waals surface area contributed by atoms with Crippen LogP contribution in [0.5, 0.6) is 0 Å². The molecular formula is C12H17N. The maximum atomic E-state index is 5.98. The summed E-state index contributed by atoms with van der Waals surface area (Å²) in [6.07, 6.45) is 3.79. The zero-order valence-corrected chi connectivity index (χ0v) is 8.16. The zero-order chi connectivity index (χ0) is 9.26. The van der Waals surface area contributed by atoms with E-state index in [1.165, 1.54) is 30.4 Å². The van der Waals surface area contributed by atoms with Crippen LogP contribution in [0.1, 0.15) is 36.8 Å². The van der Waals surface area contributed by atoms with Crippen molar-refractivity contribution >= 4 is 0 Å². The predicted octanol–water partition coefficient (Wildman–Crippen LogP) is 2.45. The summed E-state index contributed by atoms with van der Waals surface area (Å²) in [5.74, 6) is 0.588. The number of fused-ring (bicyclic) bond motifs is 1. The minimum Gasteiger partial charge on any atom is -0.327 e. The Labute approximate surface area is 80.0 Å². The third kappa shape index (κ3) is 1.61. The van der Waals surface area contributed by atoms with E-state index in [0.717, 1.165) is 0 Å². The molecule has 1 aromatic carbocycles. The third-order valence-electron chi connectivity index (χ3n) is 3.05. The second kappa shape index (κ2) is 3.51. The molecule has 0 radical (unpaired) electrons. The highest BCUT2D eigenvalue weighted by molar-refractivity contribution is 5.33. The van der Waals surface area contributed by atoms with E-state index in [4.69, 9.17) is 5.73 Å². The van der Waals surface area contributed by atoms with Crippen molar-refractivity contribution in [2.24, 2.45) is 5.73 Å². The first-order chi connectivity index (χ1) is 6.29. The van der Waals surface area contributed by atoms with Gasteiger partial charge in [-0.2, -0.15) is 0 Å². The summed E-state index contributed by atoms with van der Waals surface area (Å²) in [5.41, 5.74) is 8.98. The SMILES string of the molecule is C[C@@H](N)C1CCCc2ccccc21. The number of rotatable bonds is 1. The van der Waals surface area contributed by atoms with Gasteiger partial charge in [-0.1, -0.05) is 24.3 Å². The van der Waals surface area contributed by atoms with Crippen LogP contribution < -0.4 is 5.73 Å². The molecule has 1 aliphatic rings. The van der Waals surface area contributed by atoms with Gasteiger partial charge >= 0.3 is 0 Å². The molecule has 1 aromatic rings. The fraction of sp³-hybridized carbons (Fsp3) is 0.500. The standard InChI is InChI=1S/C12H17N/c1-9(13)11-8-4-6-10-5-2-3-7-12(10)11/h2-3,5,7,9,11H,4,6,8,13H2,1H3/t9-,11?/m1/s1. The molecule has 70 valence electrons. The molecule has 1 nitrogen and oxygen atoms in total. The Balaban J connectivity index is 2.37. The molecule has 2 atom stereocenters. The van der Waals surface area contributed by atoms with Crippen LogP contribution in [0.3, 0.4) is 0 Å². The highest BCUT2D eigenvalue weighted by atomic mass is 14.6. The van der Waals surface area contributed by atoms with Gasteiger partial charge in [0, 0.05) is 6.04 Å². The minimum atomic E-state index is 0.293. The van der Waals surface area contributed by atoms with Crippen molar-refractivity contribution in [3.63, 3.8) is 0 Å². The summed E-state index contributed by atoms with van der Waals surface area (Å²) in [6.45, 7) is 2.12. The molecular weight excluding hydrogens is 158 g/mol. The molecule has 0 aromatic heterocycles. The molecule has 1 aliphatic carbocycles. The van der Waals surface area contributed by atoms with E-state index in [9.17, 15) is 0 Å². The number of hydrogen-bond acceptors (Lipinski definition) is 1. The number of hydrogen-bond donors (Lipinski definition) is 1. The smallest absolute Gasteiger partial charge is 0.00794 e. The Hall–Kier alpha value is -0.820. The molecule has 0 spiro atoms. The fourth-order valence-electron chi connectivity index (χ4n) is 2.34. The Kier molecular flexibility index (Phi) is 2.36. The van der Waals surface area contributed by atoms with E-state index in [2.05, 4.69) is 31.2 Å². The average Bonchev–Trinajstić information content (AvgIpc) is 2.17. The van der Waals surface area contributed by atoms with Crippen molar-refractivity contribution in [2.45, 2.75) is 38.1 Å². The maximum absolute atomic E-state index is 5.98. The zero-order valence-electron chi connectivity index (χ0n) is 8.16. The normalized spacial score (nSPS) is 23.7. The molecule has 1 unspecified atom stereocenters. The molecule has 0 saturated carbocycles. The highest BCUT2D eigenvalue weighted by Gasteiger charge is 2.22. The summed E-state index contributed by atoms with van der Waals surface area (Å²) in [5, 5.41) is 0. The monoisotopic (exact) mass is 175 g/mol. The average molecular weight is 175 g/mol. The lowest BCUT2D eigenvalue weighted by Gasteiger charge is -2.28. The molecule has 1 heteroatoms. The predicted molar refractivity (Wildman–Crippen MR) is 55.8 cm³/mol. The molecule has 0 amide bonds. The molecule has 0 aliphatic heterocycles. The maximum Gasteiger partial charge on any atom is 0.00794 e. The molecule has 13 heavy (non-hydrogen) atoms. The third-order valence-corrected chi connectivity index (χ3v) is 3.05. The fourth-order valence-corrected chi connectivity index (χ4v) is 2.34. The van der Waals surface area contributed by atoms with E-state index < -0.39 is 0 Å². The first-order valence-corrected chi connectivity index (χ1v) is 5.12. The van der Waals surface area contributed by atoms with Gasteiger partial charge in [0.05, 0.1) is 0 Å². The van der Waals surface area contributed by atoms with Crippen LogP contribution in [0.25, 0.3) is 0 Å².